The molecule has 1 fully saturated rings. The van der Waals surface area contributed by atoms with Crippen molar-refractivity contribution in [3.63, 3.8) is 0 Å². The minimum absolute atomic E-state index is 0.476. The van der Waals surface area contributed by atoms with Gasteiger partial charge in [-0.15, -0.1) is 0 Å². The Kier molecular flexibility index (Phi) is 2.77. The fourth-order valence-corrected chi connectivity index (χ4v) is 0.625. The van der Waals surface area contributed by atoms with E-state index in [1.54, 1.807) is 0 Å². The first kappa shape index (κ1) is 7.63. The molecule has 1 heterocycles. The predicted octanol–water partition coefficient (Wildman–Crippen LogP) is 0.958. The molecule has 3 nitrogen and oxygen atoms in total. The highest BCUT2D eigenvalue weighted by atomic mass is 16.8. The van der Waals surface area contributed by atoms with Crippen LogP contribution in [-0.4, -0.2) is 20.5 Å². The molecule has 0 saturated carbocycles. The largest absolute Gasteiger partial charge is 0.713 e. The zero-order chi connectivity index (χ0) is 7.40. The lowest BCUT2D eigenvalue weighted by atomic mass is 10.2. The maximum atomic E-state index is 5.18. The Labute approximate surface area is 61.1 Å². The summed E-state index contributed by atoms with van der Waals surface area (Å²) in [6.07, 6.45) is 1.87. The van der Waals surface area contributed by atoms with Crippen molar-refractivity contribution in [2.75, 3.05) is 13.2 Å². The summed E-state index contributed by atoms with van der Waals surface area (Å²) >= 11 is 0. The van der Waals surface area contributed by atoms with Crippen LogP contribution in [0.25, 0.3) is 0 Å². The molecule has 0 amide bonds. The Balaban J connectivity index is 2.24. The maximum Gasteiger partial charge on any atom is 0.713 e. The lowest BCUT2D eigenvalue weighted by Gasteiger charge is -2.05. The van der Waals surface area contributed by atoms with Crippen LogP contribution in [0.4, 0.5) is 0 Å². The zero-order valence-corrected chi connectivity index (χ0v) is 6.29. The third-order valence-electron chi connectivity index (χ3n) is 1.28. The zero-order valence-electron chi connectivity index (χ0n) is 6.29. The molecule has 0 spiro atoms. The highest BCUT2D eigenvalue weighted by Crippen LogP contribution is 2.05. The first-order valence-electron chi connectivity index (χ1n) is 3.35. The van der Waals surface area contributed by atoms with Crippen molar-refractivity contribution < 1.29 is 14.0 Å². The van der Waals surface area contributed by atoms with Crippen LogP contribution in [0.2, 0.25) is 0 Å². The molecule has 56 valence electrons. The molecule has 1 rings (SSSR count). The average molecular weight is 142 g/mol. The molecule has 0 unspecified atom stereocenters. The van der Waals surface area contributed by atoms with Gasteiger partial charge >= 0.3 is 7.32 Å². The minimum atomic E-state index is -0.476. The number of allylic oxidation sites excluding steroid dienone is 2. The Hall–Kier alpha value is -0.475. The molecule has 0 aromatic carbocycles. The van der Waals surface area contributed by atoms with Crippen LogP contribution in [-0.2, 0) is 14.0 Å². The summed E-state index contributed by atoms with van der Waals surface area (Å²) in [5, 5.41) is 0. The van der Waals surface area contributed by atoms with Crippen molar-refractivity contribution in [2.45, 2.75) is 13.8 Å². The second-order valence-corrected chi connectivity index (χ2v) is 2.05. The van der Waals surface area contributed by atoms with Crippen molar-refractivity contribution in [1.82, 2.24) is 0 Å². The molecule has 1 saturated heterocycles. The lowest BCUT2D eigenvalue weighted by Crippen LogP contribution is -2.18. The molecule has 0 N–H and O–H groups in total. The molecule has 1 aliphatic heterocycles. The summed E-state index contributed by atoms with van der Waals surface area (Å²) in [6.45, 7) is 5.03. The van der Waals surface area contributed by atoms with Gasteiger partial charge in [-0.3, -0.25) is 0 Å². The van der Waals surface area contributed by atoms with Crippen LogP contribution in [0, 0.1) is 0 Å². The molecule has 10 heavy (non-hydrogen) atoms. The van der Waals surface area contributed by atoms with Crippen molar-refractivity contribution >= 4 is 7.32 Å². The van der Waals surface area contributed by atoms with E-state index in [-0.39, 0.29) is 0 Å². The Morgan fingerprint density at radius 3 is 2.60 bits per heavy atom. The van der Waals surface area contributed by atoms with E-state index < -0.39 is 7.32 Å². The highest BCUT2D eigenvalue weighted by molar-refractivity contribution is 6.37. The van der Waals surface area contributed by atoms with Gasteiger partial charge in [0, 0.05) is 0 Å². The molecular weight excluding hydrogens is 131 g/mol. The molecule has 0 radical (unpaired) electrons. The van der Waals surface area contributed by atoms with Crippen LogP contribution < -0.4 is 0 Å². The average Bonchev–Trinajstić information content (AvgIpc) is 2.40. The summed E-state index contributed by atoms with van der Waals surface area (Å²) in [5.41, 5.74) is 0. The molecule has 1 aliphatic rings. The minimum Gasteiger partial charge on any atom is -0.516 e. The normalized spacial score (nSPS) is 19.8. The Morgan fingerprint density at radius 2 is 2.10 bits per heavy atom. The van der Waals surface area contributed by atoms with E-state index >= 15 is 0 Å². The first-order chi connectivity index (χ1) is 4.83. The molecule has 0 aromatic rings. The van der Waals surface area contributed by atoms with Crippen LogP contribution in [0.5, 0.6) is 0 Å². The quantitative estimate of drug-likeness (QED) is 0.424. The number of rotatable bonds is 2. The second kappa shape index (κ2) is 3.63. The van der Waals surface area contributed by atoms with Gasteiger partial charge in [0.25, 0.3) is 0 Å². The summed E-state index contributed by atoms with van der Waals surface area (Å²) < 4.78 is 15.3. The monoisotopic (exact) mass is 142 g/mol. The topological polar surface area (TPSA) is 27.7 Å². The number of hydrogen-bond acceptors (Lipinski definition) is 3. The molecule has 4 heteroatoms. The van der Waals surface area contributed by atoms with Gasteiger partial charge in [0.15, 0.2) is 0 Å². The van der Waals surface area contributed by atoms with E-state index in [0.29, 0.717) is 13.2 Å². The van der Waals surface area contributed by atoms with Gasteiger partial charge in [0.1, 0.15) is 0 Å². The van der Waals surface area contributed by atoms with Crippen LogP contribution in [0.1, 0.15) is 13.8 Å². The van der Waals surface area contributed by atoms with Crippen molar-refractivity contribution in [2.24, 2.45) is 0 Å². The van der Waals surface area contributed by atoms with Gasteiger partial charge in [-0.2, -0.15) is 0 Å². The fourth-order valence-electron chi connectivity index (χ4n) is 0.625. The van der Waals surface area contributed by atoms with Gasteiger partial charge < -0.3 is 14.0 Å². The maximum absolute atomic E-state index is 5.18. The predicted molar refractivity (Wildman–Crippen MR) is 38.2 cm³/mol. The fraction of sp³-hybridized carbons (Fsp3) is 0.667. The van der Waals surface area contributed by atoms with Gasteiger partial charge in [0.2, 0.25) is 0 Å². The molecular formula is C6H11BO3. The van der Waals surface area contributed by atoms with E-state index in [9.17, 15) is 0 Å². The van der Waals surface area contributed by atoms with Crippen LogP contribution in [0.3, 0.4) is 0 Å². The van der Waals surface area contributed by atoms with Gasteiger partial charge in [-0.1, -0.05) is 6.08 Å². The van der Waals surface area contributed by atoms with E-state index in [0.717, 1.165) is 5.76 Å². The molecule has 0 atom stereocenters. The van der Waals surface area contributed by atoms with Crippen molar-refractivity contribution in [1.29, 1.82) is 0 Å². The standard InChI is InChI=1S/C6H11BO3/c1-3-6(2)10-7-8-4-5-9-7/h3H,4-5H2,1-2H3. The van der Waals surface area contributed by atoms with E-state index in [1.165, 1.54) is 0 Å². The van der Waals surface area contributed by atoms with E-state index in [4.69, 9.17) is 14.0 Å². The van der Waals surface area contributed by atoms with Gasteiger partial charge in [-0.05, 0) is 13.8 Å². The smallest absolute Gasteiger partial charge is 0.516 e. The SMILES string of the molecule is CC=C(C)OB1OCCO1. The molecule has 0 aliphatic carbocycles. The van der Waals surface area contributed by atoms with Crippen LogP contribution in [0.15, 0.2) is 11.8 Å². The van der Waals surface area contributed by atoms with E-state index in [2.05, 4.69) is 0 Å². The number of hydrogen-bond donors (Lipinski definition) is 0. The Bertz CT molecular complexity index is 129. The molecule has 0 bridgehead atoms. The second-order valence-electron chi connectivity index (χ2n) is 2.05. The summed E-state index contributed by atoms with van der Waals surface area (Å²) in [4.78, 5) is 0. The first-order valence-corrected chi connectivity index (χ1v) is 3.35. The Morgan fingerprint density at radius 1 is 1.50 bits per heavy atom. The molecule has 0 aromatic heterocycles. The lowest BCUT2D eigenvalue weighted by molar-refractivity contribution is 0.226. The summed E-state index contributed by atoms with van der Waals surface area (Å²) in [7, 11) is -0.476. The van der Waals surface area contributed by atoms with Crippen molar-refractivity contribution in [3.8, 4) is 0 Å². The summed E-state index contributed by atoms with van der Waals surface area (Å²) in [5.74, 6) is 0.826. The van der Waals surface area contributed by atoms with Gasteiger partial charge in [-0.25, -0.2) is 0 Å². The van der Waals surface area contributed by atoms with E-state index in [1.807, 2.05) is 19.9 Å². The van der Waals surface area contributed by atoms with Crippen molar-refractivity contribution in [3.05, 3.63) is 11.8 Å². The van der Waals surface area contributed by atoms with Gasteiger partial charge in [0.05, 0.1) is 19.0 Å². The third-order valence-corrected chi connectivity index (χ3v) is 1.28. The third kappa shape index (κ3) is 2.04. The highest BCUT2D eigenvalue weighted by Gasteiger charge is 2.28. The van der Waals surface area contributed by atoms with Crippen LogP contribution >= 0.6 is 0 Å². The summed E-state index contributed by atoms with van der Waals surface area (Å²) in [6, 6.07) is 0.